The number of para-hydroxylation sites is 2. The quantitative estimate of drug-likeness (QED) is 0.793. The summed E-state index contributed by atoms with van der Waals surface area (Å²) >= 11 is 0. The molecule has 1 aliphatic heterocycles. The predicted octanol–water partition coefficient (Wildman–Crippen LogP) is 1.58. The zero-order valence-corrected chi connectivity index (χ0v) is 13.4. The Morgan fingerprint density at radius 2 is 2.27 bits per heavy atom. The Hall–Kier alpha value is -1.34. The van der Waals surface area contributed by atoms with Crippen LogP contribution in [0.3, 0.4) is 0 Å². The number of hydrogen-bond donors (Lipinski definition) is 2. The van der Waals surface area contributed by atoms with Crippen LogP contribution in [0, 0.1) is 0 Å². The maximum atomic E-state index is 12.0. The van der Waals surface area contributed by atoms with Crippen LogP contribution in [0.1, 0.15) is 12.8 Å². The van der Waals surface area contributed by atoms with Crippen molar-refractivity contribution in [3.05, 3.63) is 24.3 Å². The highest BCUT2D eigenvalue weighted by atomic mass is 35.5. The maximum Gasteiger partial charge on any atom is 0.227 e. The zero-order chi connectivity index (χ0) is 15.1. The van der Waals surface area contributed by atoms with Crippen molar-refractivity contribution in [2.24, 2.45) is 5.73 Å². The molecule has 0 radical (unpaired) electrons. The number of anilines is 1. The van der Waals surface area contributed by atoms with Crippen LogP contribution < -0.4 is 15.8 Å². The topological polar surface area (TPSA) is 82.8 Å². The van der Waals surface area contributed by atoms with E-state index in [1.54, 1.807) is 7.11 Å². The van der Waals surface area contributed by atoms with Crippen LogP contribution in [0.2, 0.25) is 0 Å². The van der Waals surface area contributed by atoms with Crippen molar-refractivity contribution in [2.45, 2.75) is 25.0 Å². The van der Waals surface area contributed by atoms with E-state index in [4.69, 9.17) is 19.9 Å². The van der Waals surface area contributed by atoms with Crippen molar-refractivity contribution in [2.75, 3.05) is 32.2 Å². The Bertz CT molecular complexity index is 463. The summed E-state index contributed by atoms with van der Waals surface area (Å²) in [6.45, 7) is 1.61. The fourth-order valence-corrected chi connectivity index (χ4v) is 2.13. The molecule has 2 rings (SSSR count). The smallest absolute Gasteiger partial charge is 0.227 e. The molecule has 1 fully saturated rings. The van der Waals surface area contributed by atoms with Crippen LogP contribution in [-0.2, 0) is 14.3 Å². The van der Waals surface area contributed by atoms with Gasteiger partial charge in [0.1, 0.15) is 11.9 Å². The van der Waals surface area contributed by atoms with Gasteiger partial charge in [0.25, 0.3) is 0 Å². The normalized spacial score (nSPS) is 18.4. The molecule has 1 saturated heterocycles. The number of carbonyl (C=O) groups excluding carboxylic acids is 1. The zero-order valence-electron chi connectivity index (χ0n) is 12.6. The van der Waals surface area contributed by atoms with E-state index in [-0.39, 0.29) is 36.9 Å². The summed E-state index contributed by atoms with van der Waals surface area (Å²) in [5.41, 5.74) is 6.17. The van der Waals surface area contributed by atoms with Gasteiger partial charge in [0.05, 0.1) is 31.4 Å². The molecule has 22 heavy (non-hydrogen) atoms. The first kappa shape index (κ1) is 18.7. The van der Waals surface area contributed by atoms with Gasteiger partial charge in [-0.15, -0.1) is 12.4 Å². The lowest BCUT2D eigenvalue weighted by Gasteiger charge is -2.17. The molecule has 1 amide bonds. The highest BCUT2D eigenvalue weighted by molar-refractivity contribution is 5.92. The standard InChI is InChI=1S/C15H22N2O4.ClH/c1-19-12(9-16)8-15(18)17-13-4-2-3-5-14(13)21-11-6-7-20-10-11;/h2-5,11-12H,6-10,16H2,1H3,(H,17,18);1H. The summed E-state index contributed by atoms with van der Waals surface area (Å²) in [6.07, 6.45) is 0.842. The predicted molar refractivity (Wildman–Crippen MR) is 86.6 cm³/mol. The Morgan fingerprint density at radius 1 is 1.50 bits per heavy atom. The fraction of sp³-hybridized carbons (Fsp3) is 0.533. The van der Waals surface area contributed by atoms with Gasteiger partial charge in [0.15, 0.2) is 0 Å². The third kappa shape index (κ3) is 5.46. The third-order valence-corrected chi connectivity index (χ3v) is 3.35. The van der Waals surface area contributed by atoms with Crippen LogP contribution in [0.15, 0.2) is 24.3 Å². The Balaban J connectivity index is 0.00000242. The first-order valence-electron chi connectivity index (χ1n) is 7.09. The second kappa shape index (κ2) is 9.63. The van der Waals surface area contributed by atoms with Gasteiger partial charge >= 0.3 is 0 Å². The summed E-state index contributed by atoms with van der Waals surface area (Å²) in [4.78, 5) is 12.0. The molecule has 1 aliphatic rings. The molecular formula is C15H23ClN2O4. The van der Waals surface area contributed by atoms with Gasteiger partial charge in [0, 0.05) is 20.1 Å². The molecule has 1 aromatic rings. The van der Waals surface area contributed by atoms with E-state index in [9.17, 15) is 4.79 Å². The van der Waals surface area contributed by atoms with Crippen LogP contribution in [0.5, 0.6) is 5.75 Å². The molecular weight excluding hydrogens is 308 g/mol. The molecule has 0 saturated carbocycles. The number of rotatable bonds is 7. The van der Waals surface area contributed by atoms with Gasteiger partial charge in [-0.3, -0.25) is 4.79 Å². The largest absolute Gasteiger partial charge is 0.486 e. The number of benzene rings is 1. The van der Waals surface area contributed by atoms with E-state index < -0.39 is 0 Å². The first-order chi connectivity index (χ1) is 10.2. The third-order valence-electron chi connectivity index (χ3n) is 3.35. The molecule has 124 valence electrons. The van der Waals surface area contributed by atoms with Crippen molar-refractivity contribution in [1.29, 1.82) is 0 Å². The van der Waals surface area contributed by atoms with Gasteiger partial charge < -0.3 is 25.3 Å². The molecule has 3 N–H and O–H groups in total. The summed E-state index contributed by atoms with van der Waals surface area (Å²) < 4.78 is 16.3. The minimum atomic E-state index is -0.277. The number of ether oxygens (including phenoxy) is 3. The Morgan fingerprint density at radius 3 is 2.91 bits per heavy atom. The fourth-order valence-electron chi connectivity index (χ4n) is 2.13. The van der Waals surface area contributed by atoms with Crippen molar-refractivity contribution in [3.63, 3.8) is 0 Å². The number of nitrogens with two attached hydrogens (primary N) is 1. The van der Waals surface area contributed by atoms with Gasteiger partial charge in [-0.2, -0.15) is 0 Å². The second-order valence-corrected chi connectivity index (χ2v) is 4.95. The number of hydrogen-bond acceptors (Lipinski definition) is 5. The molecule has 1 aromatic carbocycles. The molecule has 2 unspecified atom stereocenters. The van der Waals surface area contributed by atoms with Crippen molar-refractivity contribution >= 4 is 24.0 Å². The molecule has 0 spiro atoms. The molecule has 1 heterocycles. The number of halogens is 1. The minimum Gasteiger partial charge on any atom is -0.486 e. The summed E-state index contributed by atoms with van der Waals surface area (Å²) in [5.74, 6) is 0.508. The maximum absolute atomic E-state index is 12.0. The van der Waals surface area contributed by atoms with Gasteiger partial charge in [-0.1, -0.05) is 12.1 Å². The Labute approximate surface area is 136 Å². The van der Waals surface area contributed by atoms with Crippen LogP contribution in [0.4, 0.5) is 5.69 Å². The summed E-state index contributed by atoms with van der Waals surface area (Å²) in [5, 5.41) is 2.84. The van der Waals surface area contributed by atoms with E-state index in [0.717, 1.165) is 6.42 Å². The SMILES string of the molecule is COC(CN)CC(=O)Nc1ccccc1OC1CCOC1.Cl. The highest BCUT2D eigenvalue weighted by Crippen LogP contribution is 2.26. The molecule has 0 bridgehead atoms. The second-order valence-electron chi connectivity index (χ2n) is 4.95. The average molecular weight is 331 g/mol. The lowest BCUT2D eigenvalue weighted by Crippen LogP contribution is -2.28. The monoisotopic (exact) mass is 330 g/mol. The number of nitrogens with one attached hydrogen (secondary N) is 1. The number of amides is 1. The average Bonchev–Trinajstić information content (AvgIpc) is 3.00. The summed E-state index contributed by atoms with van der Waals surface area (Å²) in [7, 11) is 1.54. The van der Waals surface area contributed by atoms with Crippen molar-refractivity contribution in [3.8, 4) is 5.75 Å². The lowest BCUT2D eigenvalue weighted by molar-refractivity contribution is -0.118. The van der Waals surface area contributed by atoms with Gasteiger partial charge in [-0.05, 0) is 12.1 Å². The molecule has 7 heteroatoms. The number of carbonyl (C=O) groups is 1. The molecule has 2 atom stereocenters. The lowest BCUT2D eigenvalue weighted by atomic mass is 10.2. The van der Waals surface area contributed by atoms with Crippen molar-refractivity contribution < 1.29 is 19.0 Å². The van der Waals surface area contributed by atoms with Crippen molar-refractivity contribution in [1.82, 2.24) is 0 Å². The van der Waals surface area contributed by atoms with Crippen LogP contribution in [0.25, 0.3) is 0 Å². The molecule has 6 nitrogen and oxygen atoms in total. The van der Waals surface area contributed by atoms with E-state index in [2.05, 4.69) is 5.32 Å². The van der Waals surface area contributed by atoms with E-state index in [0.29, 0.717) is 31.2 Å². The van der Waals surface area contributed by atoms with E-state index >= 15 is 0 Å². The molecule has 0 aliphatic carbocycles. The Kier molecular flexibility index (Phi) is 8.19. The number of methoxy groups -OCH3 is 1. The first-order valence-corrected chi connectivity index (χ1v) is 7.09. The summed E-state index contributed by atoms with van der Waals surface area (Å²) in [6, 6.07) is 7.38. The van der Waals surface area contributed by atoms with E-state index in [1.807, 2.05) is 24.3 Å². The minimum absolute atomic E-state index is 0. The van der Waals surface area contributed by atoms with Gasteiger partial charge in [-0.25, -0.2) is 0 Å². The highest BCUT2D eigenvalue weighted by Gasteiger charge is 2.19. The van der Waals surface area contributed by atoms with Crippen LogP contribution >= 0.6 is 12.4 Å². The van der Waals surface area contributed by atoms with Crippen LogP contribution in [-0.4, -0.2) is 45.0 Å². The van der Waals surface area contributed by atoms with E-state index in [1.165, 1.54) is 0 Å². The van der Waals surface area contributed by atoms with Gasteiger partial charge in [0.2, 0.25) is 5.91 Å². The molecule has 0 aromatic heterocycles.